The number of hydrogen-bond acceptors (Lipinski definition) is 2. The zero-order valence-corrected chi connectivity index (χ0v) is 12.3. The van der Waals surface area contributed by atoms with Crippen LogP contribution in [-0.4, -0.2) is 5.97 Å². The molecule has 0 aliphatic heterocycles. The fourth-order valence-corrected chi connectivity index (χ4v) is 2.28. The lowest BCUT2D eigenvalue weighted by molar-refractivity contribution is 0.0734. The average molecular weight is 288 g/mol. The maximum absolute atomic E-state index is 12.1. The molecule has 0 saturated carbocycles. The standard InChI is InChI=1S/C20H16O2/c1-15-6-5-9-18(14-15)20(21)22-19-12-10-17(11-13-19)16-7-3-2-4-8-16/h2-14H,1H3. The van der Waals surface area contributed by atoms with Crippen molar-refractivity contribution < 1.29 is 9.53 Å². The summed E-state index contributed by atoms with van der Waals surface area (Å²) in [6, 6.07) is 25.0. The van der Waals surface area contributed by atoms with E-state index in [4.69, 9.17) is 4.74 Å². The van der Waals surface area contributed by atoms with Gasteiger partial charge in [-0.25, -0.2) is 4.79 Å². The van der Waals surface area contributed by atoms with Gasteiger partial charge in [0.05, 0.1) is 5.56 Å². The van der Waals surface area contributed by atoms with Crippen molar-refractivity contribution in [1.29, 1.82) is 0 Å². The monoisotopic (exact) mass is 288 g/mol. The van der Waals surface area contributed by atoms with E-state index in [1.165, 1.54) is 0 Å². The SMILES string of the molecule is Cc1cccc(C(=O)Oc2ccc(-c3ccccc3)cc2)c1. The van der Waals surface area contributed by atoms with Gasteiger partial charge < -0.3 is 4.74 Å². The number of ether oxygens (including phenoxy) is 1. The van der Waals surface area contributed by atoms with Gasteiger partial charge in [-0.05, 0) is 42.3 Å². The molecule has 0 atom stereocenters. The van der Waals surface area contributed by atoms with Crippen LogP contribution in [0.4, 0.5) is 0 Å². The zero-order chi connectivity index (χ0) is 15.4. The molecule has 0 N–H and O–H groups in total. The number of aryl methyl sites for hydroxylation is 1. The van der Waals surface area contributed by atoms with Gasteiger partial charge in [-0.3, -0.25) is 0 Å². The molecular formula is C20H16O2. The lowest BCUT2D eigenvalue weighted by Gasteiger charge is -2.06. The smallest absolute Gasteiger partial charge is 0.343 e. The van der Waals surface area contributed by atoms with Crippen molar-refractivity contribution in [3.8, 4) is 16.9 Å². The lowest BCUT2D eigenvalue weighted by atomic mass is 10.1. The average Bonchev–Trinajstić information content (AvgIpc) is 2.56. The van der Waals surface area contributed by atoms with Crippen molar-refractivity contribution in [3.63, 3.8) is 0 Å². The van der Waals surface area contributed by atoms with Crippen LogP contribution in [-0.2, 0) is 0 Å². The first-order chi connectivity index (χ1) is 10.7. The molecule has 108 valence electrons. The highest BCUT2D eigenvalue weighted by molar-refractivity contribution is 5.91. The Labute approximate surface area is 130 Å². The molecule has 0 saturated heterocycles. The van der Waals surface area contributed by atoms with Gasteiger partial charge in [0.2, 0.25) is 0 Å². The predicted molar refractivity (Wildman–Crippen MR) is 88.0 cm³/mol. The second kappa shape index (κ2) is 6.27. The molecule has 0 fully saturated rings. The van der Waals surface area contributed by atoms with Gasteiger partial charge in [-0.1, -0.05) is 60.2 Å². The number of benzene rings is 3. The number of carbonyl (C=O) groups excluding carboxylic acids is 1. The van der Waals surface area contributed by atoms with E-state index in [9.17, 15) is 4.79 Å². The Hall–Kier alpha value is -2.87. The number of rotatable bonds is 3. The van der Waals surface area contributed by atoms with Crippen LogP contribution < -0.4 is 4.74 Å². The first-order valence-electron chi connectivity index (χ1n) is 7.17. The molecule has 3 aromatic carbocycles. The number of hydrogen-bond donors (Lipinski definition) is 0. The van der Waals surface area contributed by atoms with Crippen molar-refractivity contribution in [2.24, 2.45) is 0 Å². The summed E-state index contributed by atoms with van der Waals surface area (Å²) in [5, 5.41) is 0. The molecular weight excluding hydrogens is 272 g/mol. The molecule has 0 aromatic heterocycles. The maximum atomic E-state index is 12.1. The third-order valence-electron chi connectivity index (χ3n) is 3.43. The summed E-state index contributed by atoms with van der Waals surface area (Å²) < 4.78 is 5.41. The van der Waals surface area contributed by atoms with E-state index in [0.29, 0.717) is 11.3 Å². The molecule has 0 bridgehead atoms. The molecule has 0 radical (unpaired) electrons. The molecule has 3 rings (SSSR count). The Bertz CT molecular complexity index is 774. The zero-order valence-electron chi connectivity index (χ0n) is 12.3. The maximum Gasteiger partial charge on any atom is 0.343 e. The Morgan fingerprint density at radius 3 is 2.14 bits per heavy atom. The largest absolute Gasteiger partial charge is 0.423 e. The van der Waals surface area contributed by atoms with Crippen LogP contribution in [0.2, 0.25) is 0 Å². The summed E-state index contributed by atoms with van der Waals surface area (Å²) in [5.74, 6) is 0.211. The van der Waals surface area contributed by atoms with Gasteiger partial charge in [-0.2, -0.15) is 0 Å². The van der Waals surface area contributed by atoms with E-state index in [1.807, 2.05) is 79.7 Å². The first-order valence-corrected chi connectivity index (χ1v) is 7.17. The highest BCUT2D eigenvalue weighted by Gasteiger charge is 2.08. The van der Waals surface area contributed by atoms with Gasteiger partial charge in [0, 0.05) is 0 Å². The van der Waals surface area contributed by atoms with Gasteiger partial charge in [-0.15, -0.1) is 0 Å². The van der Waals surface area contributed by atoms with E-state index in [0.717, 1.165) is 16.7 Å². The molecule has 0 aliphatic carbocycles. The third kappa shape index (κ3) is 3.23. The highest BCUT2D eigenvalue weighted by atomic mass is 16.5. The van der Waals surface area contributed by atoms with Gasteiger partial charge in [0.25, 0.3) is 0 Å². The van der Waals surface area contributed by atoms with Crippen LogP contribution in [0.1, 0.15) is 15.9 Å². The number of carbonyl (C=O) groups is 1. The molecule has 0 unspecified atom stereocenters. The summed E-state index contributed by atoms with van der Waals surface area (Å²) >= 11 is 0. The van der Waals surface area contributed by atoms with Crippen LogP contribution >= 0.6 is 0 Å². The van der Waals surface area contributed by atoms with E-state index in [1.54, 1.807) is 6.07 Å². The van der Waals surface area contributed by atoms with E-state index in [-0.39, 0.29) is 5.97 Å². The third-order valence-corrected chi connectivity index (χ3v) is 3.43. The predicted octanol–water partition coefficient (Wildman–Crippen LogP) is 4.88. The summed E-state index contributed by atoms with van der Waals surface area (Å²) in [5.41, 5.74) is 3.83. The Morgan fingerprint density at radius 1 is 0.773 bits per heavy atom. The molecule has 0 aliphatic rings. The van der Waals surface area contributed by atoms with Crippen molar-refractivity contribution in [3.05, 3.63) is 90.0 Å². The van der Waals surface area contributed by atoms with Crippen molar-refractivity contribution in [1.82, 2.24) is 0 Å². The molecule has 2 heteroatoms. The lowest BCUT2D eigenvalue weighted by Crippen LogP contribution is -2.08. The van der Waals surface area contributed by atoms with Crippen LogP contribution in [0.5, 0.6) is 5.75 Å². The topological polar surface area (TPSA) is 26.3 Å². The van der Waals surface area contributed by atoms with Gasteiger partial charge in [0.15, 0.2) is 0 Å². The quantitative estimate of drug-likeness (QED) is 0.507. The summed E-state index contributed by atoms with van der Waals surface area (Å²) in [7, 11) is 0. The van der Waals surface area contributed by atoms with Crippen LogP contribution in [0.25, 0.3) is 11.1 Å². The van der Waals surface area contributed by atoms with Gasteiger partial charge >= 0.3 is 5.97 Å². The Balaban J connectivity index is 1.75. The molecule has 0 amide bonds. The second-order valence-electron chi connectivity index (χ2n) is 5.15. The summed E-state index contributed by atoms with van der Waals surface area (Å²) in [6.07, 6.45) is 0. The fourth-order valence-electron chi connectivity index (χ4n) is 2.28. The molecule has 3 aromatic rings. The second-order valence-corrected chi connectivity index (χ2v) is 5.15. The summed E-state index contributed by atoms with van der Waals surface area (Å²) in [4.78, 5) is 12.1. The van der Waals surface area contributed by atoms with Crippen LogP contribution in [0.15, 0.2) is 78.9 Å². The molecule has 22 heavy (non-hydrogen) atoms. The minimum absolute atomic E-state index is 0.337. The Kier molecular flexibility index (Phi) is 4.01. The molecule has 2 nitrogen and oxygen atoms in total. The fraction of sp³-hybridized carbons (Fsp3) is 0.0500. The minimum Gasteiger partial charge on any atom is -0.423 e. The highest BCUT2D eigenvalue weighted by Crippen LogP contribution is 2.22. The van der Waals surface area contributed by atoms with Crippen molar-refractivity contribution in [2.45, 2.75) is 6.92 Å². The van der Waals surface area contributed by atoms with E-state index >= 15 is 0 Å². The van der Waals surface area contributed by atoms with Crippen LogP contribution in [0.3, 0.4) is 0 Å². The summed E-state index contributed by atoms with van der Waals surface area (Å²) in [6.45, 7) is 1.95. The molecule has 0 spiro atoms. The number of esters is 1. The normalized spacial score (nSPS) is 10.2. The van der Waals surface area contributed by atoms with E-state index < -0.39 is 0 Å². The van der Waals surface area contributed by atoms with Crippen LogP contribution in [0, 0.1) is 6.92 Å². The van der Waals surface area contributed by atoms with E-state index in [2.05, 4.69) is 0 Å². The first kappa shape index (κ1) is 14.1. The minimum atomic E-state index is -0.337. The van der Waals surface area contributed by atoms with Gasteiger partial charge in [0.1, 0.15) is 5.75 Å². The van der Waals surface area contributed by atoms with Crippen molar-refractivity contribution in [2.75, 3.05) is 0 Å². The Morgan fingerprint density at radius 2 is 1.45 bits per heavy atom. The van der Waals surface area contributed by atoms with Crippen molar-refractivity contribution >= 4 is 5.97 Å². The molecule has 0 heterocycles.